The van der Waals surface area contributed by atoms with E-state index in [0.717, 1.165) is 11.1 Å². The Kier molecular flexibility index (Phi) is 5.10. The minimum absolute atomic E-state index is 0.0672. The summed E-state index contributed by atoms with van der Waals surface area (Å²) in [6.45, 7) is 2.93. The topological polar surface area (TPSA) is 21.3 Å². The SMILES string of the molecule is C=C(C)CC(NC)c1ccccc1OC(F)F. The van der Waals surface area contributed by atoms with Crippen molar-refractivity contribution >= 4 is 0 Å². The van der Waals surface area contributed by atoms with Crippen LogP contribution in [-0.2, 0) is 0 Å². The molecule has 0 fully saturated rings. The average Bonchev–Trinajstić information content (AvgIpc) is 2.26. The summed E-state index contributed by atoms with van der Waals surface area (Å²) in [5.41, 5.74) is 1.70. The van der Waals surface area contributed by atoms with Gasteiger partial charge in [0.25, 0.3) is 0 Å². The van der Waals surface area contributed by atoms with Gasteiger partial charge in [0.1, 0.15) is 5.75 Å². The van der Waals surface area contributed by atoms with Crippen molar-refractivity contribution in [3.05, 3.63) is 42.0 Å². The van der Waals surface area contributed by atoms with Crippen LogP contribution in [0.15, 0.2) is 36.4 Å². The number of halogens is 2. The molecule has 0 saturated heterocycles. The lowest BCUT2D eigenvalue weighted by Crippen LogP contribution is -2.18. The van der Waals surface area contributed by atoms with Crippen LogP contribution in [0.25, 0.3) is 0 Å². The van der Waals surface area contributed by atoms with Gasteiger partial charge in [-0.2, -0.15) is 8.78 Å². The summed E-state index contributed by atoms with van der Waals surface area (Å²) in [5.74, 6) is 0.211. The fourth-order valence-corrected chi connectivity index (χ4v) is 1.69. The molecule has 0 aliphatic heterocycles. The minimum Gasteiger partial charge on any atom is -0.434 e. The number of hydrogen-bond donors (Lipinski definition) is 1. The molecule has 0 spiro atoms. The zero-order valence-electron chi connectivity index (χ0n) is 10.0. The van der Waals surface area contributed by atoms with E-state index < -0.39 is 6.61 Å². The Morgan fingerprint density at radius 3 is 2.59 bits per heavy atom. The van der Waals surface area contributed by atoms with Crippen molar-refractivity contribution in [2.45, 2.75) is 26.0 Å². The first-order valence-electron chi connectivity index (χ1n) is 5.40. The zero-order valence-corrected chi connectivity index (χ0v) is 10.0. The molecule has 94 valence electrons. The lowest BCUT2D eigenvalue weighted by Gasteiger charge is -2.20. The van der Waals surface area contributed by atoms with Gasteiger partial charge in [0.15, 0.2) is 0 Å². The molecule has 4 heteroatoms. The molecule has 1 unspecified atom stereocenters. The maximum absolute atomic E-state index is 12.3. The third-order valence-electron chi connectivity index (χ3n) is 2.41. The van der Waals surface area contributed by atoms with Crippen molar-refractivity contribution in [3.8, 4) is 5.75 Å². The van der Waals surface area contributed by atoms with Gasteiger partial charge in [-0.25, -0.2) is 0 Å². The first kappa shape index (κ1) is 13.6. The number of nitrogens with one attached hydrogen (secondary N) is 1. The van der Waals surface area contributed by atoms with E-state index in [2.05, 4.69) is 16.6 Å². The van der Waals surface area contributed by atoms with Gasteiger partial charge in [0.2, 0.25) is 0 Å². The molecule has 2 nitrogen and oxygen atoms in total. The van der Waals surface area contributed by atoms with Crippen LogP contribution in [0, 0.1) is 0 Å². The molecule has 0 saturated carbocycles. The van der Waals surface area contributed by atoms with Crippen molar-refractivity contribution in [2.24, 2.45) is 0 Å². The molecular formula is C13H17F2NO. The maximum atomic E-state index is 12.3. The molecule has 0 radical (unpaired) electrons. The highest BCUT2D eigenvalue weighted by molar-refractivity contribution is 5.36. The first-order chi connectivity index (χ1) is 8.04. The molecular weight excluding hydrogens is 224 g/mol. The molecule has 17 heavy (non-hydrogen) atoms. The van der Waals surface area contributed by atoms with E-state index in [-0.39, 0.29) is 11.8 Å². The average molecular weight is 241 g/mol. The Bertz CT molecular complexity index is 379. The smallest absolute Gasteiger partial charge is 0.387 e. The fraction of sp³-hybridized carbons (Fsp3) is 0.385. The second kappa shape index (κ2) is 6.35. The van der Waals surface area contributed by atoms with Crippen LogP contribution in [-0.4, -0.2) is 13.7 Å². The van der Waals surface area contributed by atoms with E-state index in [1.165, 1.54) is 0 Å². The van der Waals surface area contributed by atoms with Crippen LogP contribution < -0.4 is 10.1 Å². The summed E-state index contributed by atoms with van der Waals surface area (Å²) in [6.07, 6.45) is 0.681. The predicted molar refractivity (Wildman–Crippen MR) is 64.3 cm³/mol. The van der Waals surface area contributed by atoms with Crippen LogP contribution >= 0.6 is 0 Å². The summed E-state index contributed by atoms with van der Waals surface area (Å²) in [4.78, 5) is 0. The number of para-hydroxylation sites is 1. The molecule has 1 atom stereocenters. The normalized spacial score (nSPS) is 12.5. The van der Waals surface area contributed by atoms with E-state index >= 15 is 0 Å². The zero-order chi connectivity index (χ0) is 12.8. The van der Waals surface area contributed by atoms with Gasteiger partial charge >= 0.3 is 6.61 Å². The van der Waals surface area contributed by atoms with Crippen LogP contribution in [0.5, 0.6) is 5.75 Å². The summed E-state index contributed by atoms with van der Waals surface area (Å²) in [5, 5.41) is 3.08. The van der Waals surface area contributed by atoms with Crippen LogP contribution in [0.3, 0.4) is 0 Å². The number of benzene rings is 1. The van der Waals surface area contributed by atoms with Gasteiger partial charge in [-0.15, -0.1) is 6.58 Å². The maximum Gasteiger partial charge on any atom is 0.387 e. The van der Waals surface area contributed by atoms with Gasteiger partial charge in [-0.3, -0.25) is 0 Å². The highest BCUT2D eigenvalue weighted by Crippen LogP contribution is 2.29. The molecule has 0 heterocycles. The quantitative estimate of drug-likeness (QED) is 0.769. The molecule has 0 aliphatic rings. The number of hydrogen-bond acceptors (Lipinski definition) is 2. The highest BCUT2D eigenvalue weighted by Gasteiger charge is 2.16. The second-order valence-corrected chi connectivity index (χ2v) is 3.92. The highest BCUT2D eigenvalue weighted by atomic mass is 19.3. The van der Waals surface area contributed by atoms with Gasteiger partial charge in [0, 0.05) is 11.6 Å². The lowest BCUT2D eigenvalue weighted by molar-refractivity contribution is -0.0507. The van der Waals surface area contributed by atoms with Gasteiger partial charge < -0.3 is 10.1 Å². The fourth-order valence-electron chi connectivity index (χ4n) is 1.69. The van der Waals surface area contributed by atoms with Crippen molar-refractivity contribution in [1.29, 1.82) is 0 Å². The third-order valence-corrected chi connectivity index (χ3v) is 2.41. The van der Waals surface area contributed by atoms with Crippen LogP contribution in [0.2, 0.25) is 0 Å². The van der Waals surface area contributed by atoms with Gasteiger partial charge in [0.05, 0.1) is 0 Å². The molecule has 1 N–H and O–H groups in total. The van der Waals surface area contributed by atoms with Gasteiger partial charge in [-0.1, -0.05) is 23.8 Å². The molecule has 1 aromatic rings. The van der Waals surface area contributed by atoms with Crippen molar-refractivity contribution in [1.82, 2.24) is 5.32 Å². The molecule has 0 amide bonds. The minimum atomic E-state index is -2.81. The largest absolute Gasteiger partial charge is 0.434 e. The van der Waals surface area contributed by atoms with E-state index in [1.807, 2.05) is 6.92 Å². The van der Waals surface area contributed by atoms with Crippen molar-refractivity contribution in [2.75, 3.05) is 7.05 Å². The molecule has 0 aliphatic carbocycles. The number of ether oxygens (including phenoxy) is 1. The van der Waals surface area contributed by atoms with Gasteiger partial charge in [-0.05, 0) is 26.5 Å². The lowest BCUT2D eigenvalue weighted by atomic mass is 9.99. The molecule has 0 aromatic heterocycles. The van der Waals surface area contributed by atoms with Crippen LogP contribution in [0.1, 0.15) is 24.9 Å². The van der Waals surface area contributed by atoms with Crippen molar-refractivity contribution < 1.29 is 13.5 Å². The number of rotatable bonds is 6. The van der Waals surface area contributed by atoms with E-state index in [4.69, 9.17) is 0 Å². The van der Waals surface area contributed by atoms with E-state index in [1.54, 1.807) is 31.3 Å². The molecule has 0 bridgehead atoms. The molecule has 1 aromatic carbocycles. The van der Waals surface area contributed by atoms with Crippen LogP contribution in [0.4, 0.5) is 8.78 Å². The third kappa shape index (κ3) is 4.15. The number of alkyl halides is 2. The summed E-state index contributed by atoms with van der Waals surface area (Å²) < 4.78 is 29.0. The Hall–Kier alpha value is -1.42. The standard InChI is InChI=1S/C13H17F2NO/c1-9(2)8-11(16-3)10-6-4-5-7-12(10)17-13(14)15/h4-7,11,13,16H,1,8H2,2-3H3. The second-order valence-electron chi connectivity index (χ2n) is 3.92. The van der Waals surface area contributed by atoms with Crippen molar-refractivity contribution in [3.63, 3.8) is 0 Å². The monoisotopic (exact) mass is 241 g/mol. The van der Waals surface area contributed by atoms with E-state index in [0.29, 0.717) is 6.42 Å². The predicted octanol–water partition coefficient (Wildman–Crippen LogP) is 3.51. The Labute approximate surface area is 100 Å². The summed E-state index contributed by atoms with van der Waals surface area (Å²) >= 11 is 0. The Morgan fingerprint density at radius 2 is 2.06 bits per heavy atom. The first-order valence-corrected chi connectivity index (χ1v) is 5.40. The summed E-state index contributed by atoms with van der Waals surface area (Å²) in [6, 6.07) is 6.74. The van der Waals surface area contributed by atoms with E-state index in [9.17, 15) is 8.78 Å². The Morgan fingerprint density at radius 1 is 1.41 bits per heavy atom. The summed E-state index contributed by atoms with van der Waals surface area (Å²) in [7, 11) is 1.78. The Balaban J connectivity index is 2.96. The molecule has 1 rings (SSSR count).